The average molecular weight is 196 g/mol. The molecular formula is C9H16N4O. The first-order valence-electron chi connectivity index (χ1n) is 4.53. The number of likely N-dealkylation sites (N-methyl/N-ethyl adjacent to an activating group) is 1. The zero-order valence-electron chi connectivity index (χ0n) is 8.77. The first-order valence-corrected chi connectivity index (χ1v) is 4.53. The molecule has 0 saturated carbocycles. The summed E-state index contributed by atoms with van der Waals surface area (Å²) >= 11 is 0. The topological polar surface area (TPSA) is 64.2 Å². The normalized spacial score (nSPS) is 10.6. The molecule has 0 saturated heterocycles. The first kappa shape index (κ1) is 10.6. The van der Waals surface area contributed by atoms with E-state index in [2.05, 4.69) is 4.98 Å². The second-order valence-electron chi connectivity index (χ2n) is 3.57. The van der Waals surface area contributed by atoms with Crippen LogP contribution in [0.5, 0.6) is 0 Å². The number of hydrogen-bond acceptors (Lipinski definition) is 3. The van der Waals surface area contributed by atoms with Crippen LogP contribution in [0.3, 0.4) is 0 Å². The molecule has 0 aliphatic rings. The van der Waals surface area contributed by atoms with E-state index < -0.39 is 0 Å². The molecule has 0 aromatic carbocycles. The maximum atomic E-state index is 11.6. The van der Waals surface area contributed by atoms with E-state index in [0.717, 1.165) is 0 Å². The summed E-state index contributed by atoms with van der Waals surface area (Å²) in [7, 11) is 1.79. The monoisotopic (exact) mass is 196 g/mol. The largest absolute Gasteiger partial charge is 0.382 e. The molecule has 0 spiro atoms. The number of rotatable bonds is 3. The first-order chi connectivity index (χ1) is 6.50. The number of nitrogens with zero attached hydrogens (tertiary/aromatic N) is 3. The molecule has 2 N–H and O–H groups in total. The van der Waals surface area contributed by atoms with Crippen molar-refractivity contribution in [2.75, 3.05) is 12.8 Å². The van der Waals surface area contributed by atoms with Crippen LogP contribution < -0.4 is 5.73 Å². The fourth-order valence-electron chi connectivity index (χ4n) is 1.02. The number of nitrogen functional groups attached to an aromatic ring is 1. The summed E-state index contributed by atoms with van der Waals surface area (Å²) in [5.41, 5.74) is 5.43. The van der Waals surface area contributed by atoms with E-state index in [9.17, 15) is 4.79 Å². The molecule has 5 nitrogen and oxygen atoms in total. The fourth-order valence-corrected chi connectivity index (χ4v) is 1.02. The summed E-state index contributed by atoms with van der Waals surface area (Å²) < 4.78 is 1.68. The second-order valence-corrected chi connectivity index (χ2v) is 3.57. The van der Waals surface area contributed by atoms with E-state index in [1.165, 1.54) is 0 Å². The van der Waals surface area contributed by atoms with Gasteiger partial charge in [-0.15, -0.1) is 0 Å². The van der Waals surface area contributed by atoms with Crippen LogP contribution in [-0.4, -0.2) is 33.4 Å². The molecule has 1 aromatic heterocycles. The van der Waals surface area contributed by atoms with Crippen LogP contribution >= 0.6 is 0 Å². The Morgan fingerprint density at radius 2 is 2.36 bits per heavy atom. The number of carbonyl (C=O) groups excluding carboxylic acids is 1. The highest BCUT2D eigenvalue weighted by Crippen LogP contribution is 2.00. The van der Waals surface area contributed by atoms with Crippen molar-refractivity contribution in [1.29, 1.82) is 0 Å². The highest BCUT2D eigenvalue weighted by Gasteiger charge is 2.11. The van der Waals surface area contributed by atoms with Gasteiger partial charge in [0.25, 0.3) is 0 Å². The lowest BCUT2D eigenvalue weighted by Crippen LogP contribution is -2.35. The van der Waals surface area contributed by atoms with E-state index in [-0.39, 0.29) is 11.9 Å². The van der Waals surface area contributed by atoms with Gasteiger partial charge in [0.05, 0.1) is 6.33 Å². The van der Waals surface area contributed by atoms with Crippen molar-refractivity contribution >= 4 is 11.7 Å². The van der Waals surface area contributed by atoms with Gasteiger partial charge in [-0.05, 0) is 13.8 Å². The molecule has 0 radical (unpaired) electrons. The number of amides is 1. The molecule has 0 fully saturated rings. The molecule has 14 heavy (non-hydrogen) atoms. The molecule has 0 aliphatic carbocycles. The summed E-state index contributed by atoms with van der Waals surface area (Å²) in [4.78, 5) is 17.1. The van der Waals surface area contributed by atoms with E-state index in [1.807, 2.05) is 13.8 Å². The van der Waals surface area contributed by atoms with E-state index in [1.54, 1.807) is 29.0 Å². The van der Waals surface area contributed by atoms with Crippen molar-refractivity contribution in [2.24, 2.45) is 0 Å². The van der Waals surface area contributed by atoms with Crippen molar-refractivity contribution in [3.63, 3.8) is 0 Å². The van der Waals surface area contributed by atoms with E-state index in [4.69, 9.17) is 5.73 Å². The van der Waals surface area contributed by atoms with Crippen LogP contribution in [0.2, 0.25) is 0 Å². The molecule has 0 aliphatic heterocycles. The van der Waals surface area contributed by atoms with Crippen molar-refractivity contribution in [2.45, 2.75) is 26.4 Å². The quantitative estimate of drug-likeness (QED) is 0.757. The number of hydrogen-bond donors (Lipinski definition) is 1. The van der Waals surface area contributed by atoms with Gasteiger partial charge in [0.2, 0.25) is 5.91 Å². The lowest BCUT2D eigenvalue weighted by Gasteiger charge is -2.21. The predicted molar refractivity (Wildman–Crippen MR) is 54.5 cm³/mol. The molecule has 0 unspecified atom stereocenters. The van der Waals surface area contributed by atoms with Gasteiger partial charge in [-0.3, -0.25) is 4.79 Å². The van der Waals surface area contributed by atoms with Gasteiger partial charge in [-0.1, -0.05) is 0 Å². The van der Waals surface area contributed by atoms with Crippen LogP contribution in [0, 0.1) is 0 Å². The summed E-state index contributed by atoms with van der Waals surface area (Å²) in [5.74, 6) is 0.488. The Balaban J connectivity index is 2.57. The zero-order valence-corrected chi connectivity index (χ0v) is 8.77. The lowest BCUT2D eigenvalue weighted by atomic mass is 10.3. The molecule has 1 aromatic rings. The van der Waals surface area contributed by atoms with Crippen molar-refractivity contribution in [3.8, 4) is 0 Å². The number of nitrogens with two attached hydrogens (primary N) is 1. The molecule has 1 amide bonds. The van der Waals surface area contributed by atoms with E-state index >= 15 is 0 Å². The average Bonchev–Trinajstić information content (AvgIpc) is 2.49. The summed E-state index contributed by atoms with van der Waals surface area (Å²) in [6.45, 7) is 4.24. The Hall–Kier alpha value is -1.52. The Bertz CT molecular complexity index is 318. The van der Waals surface area contributed by atoms with Crippen LogP contribution in [0.1, 0.15) is 13.8 Å². The number of imidazole rings is 1. The Morgan fingerprint density at radius 3 is 2.79 bits per heavy atom. The molecule has 78 valence electrons. The third-order valence-electron chi connectivity index (χ3n) is 2.14. The van der Waals surface area contributed by atoms with Gasteiger partial charge < -0.3 is 15.2 Å². The van der Waals surface area contributed by atoms with Gasteiger partial charge in [-0.2, -0.15) is 0 Å². The minimum Gasteiger partial charge on any atom is -0.382 e. The second kappa shape index (κ2) is 4.13. The standard InChI is InChI=1S/C9H16N4O/c1-7(2)12(3)9(14)5-13-4-8(10)11-6-13/h4,6-7H,5,10H2,1-3H3. The molecule has 0 bridgehead atoms. The van der Waals surface area contributed by atoms with Crippen molar-refractivity contribution in [1.82, 2.24) is 14.5 Å². The highest BCUT2D eigenvalue weighted by molar-refractivity contribution is 5.76. The Kier molecular flexibility index (Phi) is 3.11. The summed E-state index contributed by atoms with van der Waals surface area (Å²) in [6.07, 6.45) is 3.20. The number of aromatic nitrogens is 2. The zero-order chi connectivity index (χ0) is 10.7. The molecule has 5 heteroatoms. The molecular weight excluding hydrogens is 180 g/mol. The lowest BCUT2D eigenvalue weighted by molar-refractivity contribution is -0.131. The summed E-state index contributed by atoms with van der Waals surface area (Å²) in [5, 5.41) is 0. The third-order valence-corrected chi connectivity index (χ3v) is 2.14. The maximum absolute atomic E-state index is 11.6. The molecule has 1 rings (SSSR count). The predicted octanol–water partition coefficient (Wildman–Crippen LogP) is 0.332. The Labute approximate surface area is 83.5 Å². The van der Waals surface area contributed by atoms with Gasteiger partial charge >= 0.3 is 0 Å². The van der Waals surface area contributed by atoms with Gasteiger partial charge in [-0.25, -0.2) is 4.98 Å². The smallest absolute Gasteiger partial charge is 0.242 e. The minimum absolute atomic E-state index is 0.0531. The van der Waals surface area contributed by atoms with Crippen LogP contribution in [0.15, 0.2) is 12.5 Å². The SMILES string of the molecule is CC(C)N(C)C(=O)Cn1cnc(N)c1. The van der Waals surface area contributed by atoms with Crippen LogP contribution in [0.25, 0.3) is 0 Å². The fraction of sp³-hybridized carbons (Fsp3) is 0.556. The minimum atomic E-state index is 0.0531. The molecule has 0 atom stereocenters. The van der Waals surface area contributed by atoms with Crippen molar-refractivity contribution < 1.29 is 4.79 Å². The third kappa shape index (κ3) is 2.48. The Morgan fingerprint density at radius 1 is 1.71 bits per heavy atom. The van der Waals surface area contributed by atoms with E-state index in [0.29, 0.717) is 12.4 Å². The van der Waals surface area contributed by atoms with Gasteiger partial charge in [0, 0.05) is 19.3 Å². The maximum Gasteiger partial charge on any atom is 0.242 e. The number of anilines is 1. The van der Waals surface area contributed by atoms with Gasteiger partial charge in [0.1, 0.15) is 12.4 Å². The molecule has 1 heterocycles. The van der Waals surface area contributed by atoms with Crippen LogP contribution in [0.4, 0.5) is 5.82 Å². The summed E-state index contributed by atoms with van der Waals surface area (Å²) in [6, 6.07) is 0.211. The highest BCUT2D eigenvalue weighted by atomic mass is 16.2. The van der Waals surface area contributed by atoms with Crippen molar-refractivity contribution in [3.05, 3.63) is 12.5 Å². The number of carbonyl (C=O) groups is 1. The van der Waals surface area contributed by atoms with Gasteiger partial charge in [0.15, 0.2) is 0 Å². The van der Waals surface area contributed by atoms with Crippen LogP contribution in [-0.2, 0) is 11.3 Å².